The molecule has 3 fully saturated rings. The molecule has 0 atom stereocenters. The van der Waals surface area contributed by atoms with Gasteiger partial charge in [0.2, 0.25) is 11.8 Å². The molecule has 0 N–H and O–H groups in total. The third-order valence-electron chi connectivity index (χ3n) is 6.84. The number of piperidine rings is 1. The van der Waals surface area contributed by atoms with Gasteiger partial charge in [-0.05, 0) is 42.9 Å². The zero-order valence-corrected chi connectivity index (χ0v) is 17.5. The van der Waals surface area contributed by atoms with Gasteiger partial charge in [-0.25, -0.2) is 0 Å². The standard InChI is InChI=1S/C22H30ClN3O2/c1-17-4-5-18(23)14-19(17)25-11-8-24(9-12-25)10-13-26-20(27)15-22(16-21(26)28)6-2-3-7-22/h4-5,14H,2-3,6-13,15-16H2,1H3. The molecule has 0 aromatic heterocycles. The van der Waals surface area contributed by atoms with Crippen LogP contribution in [0.1, 0.15) is 44.1 Å². The van der Waals surface area contributed by atoms with E-state index in [1.165, 1.54) is 16.2 Å². The van der Waals surface area contributed by atoms with Crippen LogP contribution < -0.4 is 4.90 Å². The first-order valence-corrected chi connectivity index (χ1v) is 10.9. The number of aryl methyl sites for hydroxylation is 1. The third kappa shape index (κ3) is 4.06. The number of hydrogen-bond acceptors (Lipinski definition) is 4. The van der Waals surface area contributed by atoms with Gasteiger partial charge in [0.1, 0.15) is 0 Å². The van der Waals surface area contributed by atoms with E-state index in [-0.39, 0.29) is 17.2 Å². The molecule has 6 heteroatoms. The Morgan fingerprint density at radius 1 is 0.964 bits per heavy atom. The molecule has 2 amide bonds. The van der Waals surface area contributed by atoms with Gasteiger partial charge in [0.15, 0.2) is 0 Å². The van der Waals surface area contributed by atoms with E-state index < -0.39 is 0 Å². The van der Waals surface area contributed by atoms with Crippen LogP contribution in [0.3, 0.4) is 0 Å². The minimum Gasteiger partial charge on any atom is -0.369 e. The van der Waals surface area contributed by atoms with Crippen LogP contribution in [-0.2, 0) is 9.59 Å². The smallest absolute Gasteiger partial charge is 0.229 e. The lowest BCUT2D eigenvalue weighted by Crippen LogP contribution is -2.52. The Morgan fingerprint density at radius 3 is 2.25 bits per heavy atom. The second-order valence-electron chi connectivity index (χ2n) is 8.76. The topological polar surface area (TPSA) is 43.9 Å². The molecule has 1 aromatic rings. The number of halogens is 1. The number of carbonyl (C=O) groups excluding carboxylic acids is 2. The van der Waals surface area contributed by atoms with E-state index in [0.717, 1.165) is 63.4 Å². The average molecular weight is 404 g/mol. The van der Waals surface area contributed by atoms with Crippen molar-refractivity contribution in [2.75, 3.05) is 44.2 Å². The Kier molecular flexibility index (Phi) is 5.66. The monoisotopic (exact) mass is 403 g/mol. The van der Waals surface area contributed by atoms with Gasteiger partial charge in [-0.1, -0.05) is 30.5 Å². The van der Waals surface area contributed by atoms with E-state index in [1.54, 1.807) is 0 Å². The molecule has 0 radical (unpaired) electrons. The molecular formula is C22H30ClN3O2. The van der Waals surface area contributed by atoms with Crippen LogP contribution in [-0.4, -0.2) is 60.9 Å². The number of nitrogens with zero attached hydrogens (tertiary/aromatic N) is 3. The number of rotatable bonds is 4. The maximum Gasteiger partial charge on any atom is 0.229 e. The van der Waals surface area contributed by atoms with Gasteiger partial charge in [-0.15, -0.1) is 0 Å². The highest BCUT2D eigenvalue weighted by molar-refractivity contribution is 6.30. The summed E-state index contributed by atoms with van der Waals surface area (Å²) < 4.78 is 0. The fraction of sp³-hybridized carbons (Fsp3) is 0.636. The predicted octanol–water partition coefficient (Wildman–Crippen LogP) is 3.48. The second kappa shape index (κ2) is 8.03. The number of likely N-dealkylation sites (tertiary alicyclic amines) is 1. The summed E-state index contributed by atoms with van der Waals surface area (Å²) in [6.07, 6.45) is 5.56. The predicted molar refractivity (Wildman–Crippen MR) is 112 cm³/mol. The summed E-state index contributed by atoms with van der Waals surface area (Å²) in [5.41, 5.74) is 2.43. The van der Waals surface area contributed by atoms with Crippen molar-refractivity contribution < 1.29 is 9.59 Å². The molecule has 2 aliphatic heterocycles. The zero-order valence-electron chi connectivity index (χ0n) is 16.8. The fourth-order valence-electron chi connectivity index (χ4n) is 5.14. The van der Waals surface area contributed by atoms with Gasteiger partial charge in [0.05, 0.1) is 0 Å². The summed E-state index contributed by atoms with van der Waals surface area (Å²) in [6, 6.07) is 6.03. The number of hydrogen-bond donors (Lipinski definition) is 0. The van der Waals surface area contributed by atoms with Crippen LogP contribution >= 0.6 is 11.6 Å². The Balaban J connectivity index is 1.28. The molecule has 1 spiro atoms. The van der Waals surface area contributed by atoms with E-state index in [1.807, 2.05) is 12.1 Å². The van der Waals surface area contributed by atoms with Crippen molar-refractivity contribution in [2.45, 2.75) is 45.4 Å². The highest BCUT2D eigenvalue weighted by Crippen LogP contribution is 2.46. The molecular weight excluding hydrogens is 374 g/mol. The van der Waals surface area contributed by atoms with Crippen molar-refractivity contribution >= 4 is 29.1 Å². The zero-order chi connectivity index (χ0) is 19.7. The molecule has 5 nitrogen and oxygen atoms in total. The van der Waals surface area contributed by atoms with Crippen LogP contribution in [0.5, 0.6) is 0 Å². The molecule has 2 saturated heterocycles. The van der Waals surface area contributed by atoms with Gasteiger partial charge in [-0.3, -0.25) is 19.4 Å². The molecule has 1 saturated carbocycles. The van der Waals surface area contributed by atoms with Crippen LogP contribution in [0.4, 0.5) is 5.69 Å². The maximum atomic E-state index is 12.6. The summed E-state index contributed by atoms with van der Waals surface area (Å²) in [4.78, 5) is 31.5. The van der Waals surface area contributed by atoms with Gasteiger partial charge in [-0.2, -0.15) is 0 Å². The Labute approximate surface area is 172 Å². The number of anilines is 1. The number of amides is 2. The second-order valence-corrected chi connectivity index (χ2v) is 9.20. The van der Waals surface area contributed by atoms with Crippen LogP contribution in [0.2, 0.25) is 5.02 Å². The summed E-state index contributed by atoms with van der Waals surface area (Å²) >= 11 is 6.17. The molecule has 1 aliphatic carbocycles. The molecule has 28 heavy (non-hydrogen) atoms. The van der Waals surface area contributed by atoms with E-state index in [4.69, 9.17) is 11.6 Å². The van der Waals surface area contributed by atoms with Crippen molar-refractivity contribution in [3.05, 3.63) is 28.8 Å². The highest BCUT2D eigenvalue weighted by Gasteiger charge is 2.44. The lowest BCUT2D eigenvalue weighted by Gasteiger charge is -2.40. The van der Waals surface area contributed by atoms with E-state index in [2.05, 4.69) is 22.8 Å². The summed E-state index contributed by atoms with van der Waals surface area (Å²) in [5, 5.41) is 0.769. The minimum absolute atomic E-state index is 0.00882. The minimum atomic E-state index is -0.00882. The SMILES string of the molecule is Cc1ccc(Cl)cc1N1CCN(CCN2C(=O)CC3(CCCC3)CC2=O)CC1. The van der Waals surface area contributed by atoms with E-state index in [9.17, 15) is 9.59 Å². The summed E-state index contributed by atoms with van der Waals surface area (Å²) in [7, 11) is 0. The molecule has 2 heterocycles. The third-order valence-corrected chi connectivity index (χ3v) is 7.08. The first-order valence-electron chi connectivity index (χ1n) is 10.5. The lowest BCUT2D eigenvalue weighted by molar-refractivity contribution is -0.153. The summed E-state index contributed by atoms with van der Waals surface area (Å²) in [6.45, 7) is 7.16. The van der Waals surface area contributed by atoms with E-state index in [0.29, 0.717) is 19.4 Å². The molecule has 152 valence electrons. The molecule has 3 aliphatic rings. The molecule has 0 unspecified atom stereocenters. The van der Waals surface area contributed by atoms with Crippen molar-refractivity contribution in [1.29, 1.82) is 0 Å². The van der Waals surface area contributed by atoms with Gasteiger partial charge < -0.3 is 4.90 Å². The average Bonchev–Trinajstić information content (AvgIpc) is 3.11. The first-order chi connectivity index (χ1) is 13.5. The first kappa shape index (κ1) is 19.7. The Morgan fingerprint density at radius 2 is 1.61 bits per heavy atom. The van der Waals surface area contributed by atoms with Gasteiger partial charge in [0.25, 0.3) is 0 Å². The number of piperazine rings is 1. The van der Waals surface area contributed by atoms with Crippen molar-refractivity contribution in [3.63, 3.8) is 0 Å². The van der Waals surface area contributed by atoms with Gasteiger partial charge >= 0.3 is 0 Å². The fourth-order valence-corrected chi connectivity index (χ4v) is 5.31. The number of carbonyl (C=O) groups is 2. The van der Waals surface area contributed by atoms with Crippen LogP contribution in [0.25, 0.3) is 0 Å². The Bertz CT molecular complexity index is 732. The van der Waals surface area contributed by atoms with Crippen LogP contribution in [0, 0.1) is 12.3 Å². The maximum absolute atomic E-state index is 12.6. The molecule has 1 aromatic carbocycles. The normalized spacial score (nSPS) is 23.1. The lowest BCUT2D eigenvalue weighted by atomic mass is 9.76. The van der Waals surface area contributed by atoms with Gasteiger partial charge in [0, 0.05) is 62.8 Å². The number of imide groups is 1. The largest absolute Gasteiger partial charge is 0.369 e. The molecule has 4 rings (SSSR count). The summed E-state index contributed by atoms with van der Waals surface area (Å²) in [5.74, 6) is 0.0951. The Hall–Kier alpha value is -1.59. The van der Waals surface area contributed by atoms with Crippen molar-refractivity contribution in [3.8, 4) is 0 Å². The quantitative estimate of drug-likeness (QED) is 0.722. The van der Waals surface area contributed by atoms with E-state index >= 15 is 0 Å². The van der Waals surface area contributed by atoms with Crippen molar-refractivity contribution in [1.82, 2.24) is 9.80 Å². The van der Waals surface area contributed by atoms with Crippen LogP contribution in [0.15, 0.2) is 18.2 Å². The molecule has 0 bridgehead atoms. The number of benzene rings is 1. The highest BCUT2D eigenvalue weighted by atomic mass is 35.5. The van der Waals surface area contributed by atoms with Crippen molar-refractivity contribution in [2.24, 2.45) is 5.41 Å².